The molecule has 3 nitrogen and oxygen atoms in total. The van der Waals surface area contributed by atoms with Crippen LogP contribution in [0.25, 0.3) is 10.2 Å². The van der Waals surface area contributed by atoms with Gasteiger partial charge in [0.25, 0.3) is 0 Å². The third kappa shape index (κ3) is 3.22. The molecule has 2 heterocycles. The molecule has 2 atom stereocenters. The van der Waals surface area contributed by atoms with E-state index < -0.39 is 0 Å². The smallest absolute Gasteiger partial charge is 0.229 e. The minimum Gasteiger partial charge on any atom is -0.302 e. The molecule has 1 aromatic carbocycles. The number of aryl methyl sites for hydroxylation is 1. The zero-order valence-electron chi connectivity index (χ0n) is 15.7. The molecule has 27 heavy (non-hydrogen) atoms. The van der Waals surface area contributed by atoms with E-state index in [-0.39, 0.29) is 11.8 Å². The van der Waals surface area contributed by atoms with Gasteiger partial charge in [0.05, 0.1) is 14.3 Å². The SMILES string of the molecule is CCc1ccc2nc(NC(=O)C3CC4CCCC(C3)C43SCCS3)sc2c1. The van der Waals surface area contributed by atoms with Gasteiger partial charge < -0.3 is 5.32 Å². The van der Waals surface area contributed by atoms with Gasteiger partial charge in [0, 0.05) is 17.4 Å². The number of rotatable bonds is 3. The number of carbonyl (C=O) groups is 1. The lowest BCUT2D eigenvalue weighted by Gasteiger charge is -2.51. The summed E-state index contributed by atoms with van der Waals surface area (Å²) in [5, 5.41) is 3.92. The van der Waals surface area contributed by atoms with Crippen LogP contribution in [0.1, 0.15) is 44.6 Å². The number of thioether (sulfide) groups is 2. The maximum atomic E-state index is 13.0. The summed E-state index contributed by atoms with van der Waals surface area (Å²) in [5.41, 5.74) is 2.31. The van der Waals surface area contributed by atoms with E-state index in [2.05, 4.69) is 58.9 Å². The highest BCUT2D eigenvalue weighted by Crippen LogP contribution is 2.64. The van der Waals surface area contributed by atoms with Gasteiger partial charge in [0.15, 0.2) is 5.13 Å². The summed E-state index contributed by atoms with van der Waals surface area (Å²) in [6.45, 7) is 2.17. The van der Waals surface area contributed by atoms with Crippen LogP contribution in [0, 0.1) is 17.8 Å². The Morgan fingerprint density at radius 3 is 2.67 bits per heavy atom. The monoisotopic (exact) mass is 418 g/mol. The average molecular weight is 419 g/mol. The number of anilines is 1. The van der Waals surface area contributed by atoms with Gasteiger partial charge in [0.1, 0.15) is 0 Å². The molecule has 2 unspecified atom stereocenters. The molecule has 1 aromatic heterocycles. The summed E-state index contributed by atoms with van der Waals surface area (Å²) in [5.74, 6) is 4.36. The maximum Gasteiger partial charge on any atom is 0.229 e. The van der Waals surface area contributed by atoms with E-state index in [0.29, 0.717) is 15.9 Å². The molecule has 1 amide bonds. The highest BCUT2D eigenvalue weighted by Gasteiger charge is 2.55. The third-order valence-electron chi connectivity index (χ3n) is 6.58. The van der Waals surface area contributed by atoms with Gasteiger partial charge in [-0.05, 0) is 61.6 Å². The molecule has 2 bridgehead atoms. The third-order valence-corrected chi connectivity index (χ3v) is 11.5. The molecule has 5 rings (SSSR count). The van der Waals surface area contributed by atoms with E-state index in [4.69, 9.17) is 0 Å². The van der Waals surface area contributed by atoms with E-state index >= 15 is 0 Å². The molecule has 1 saturated heterocycles. The molecule has 1 N–H and O–H groups in total. The summed E-state index contributed by atoms with van der Waals surface area (Å²) in [6, 6.07) is 6.40. The minimum atomic E-state index is 0.158. The Labute approximate surface area is 173 Å². The number of aromatic nitrogens is 1. The molecule has 6 heteroatoms. The zero-order valence-corrected chi connectivity index (χ0v) is 18.2. The summed E-state index contributed by atoms with van der Waals surface area (Å²) in [6.07, 6.45) is 7.12. The van der Waals surface area contributed by atoms with Crippen LogP contribution >= 0.6 is 34.9 Å². The Hall–Kier alpha value is -0.720. The number of fused-ring (bicyclic) bond motifs is 1. The van der Waals surface area contributed by atoms with Gasteiger partial charge in [-0.2, -0.15) is 0 Å². The van der Waals surface area contributed by atoms with Crippen molar-refractivity contribution in [1.29, 1.82) is 0 Å². The van der Waals surface area contributed by atoms with Crippen LogP contribution in [0.2, 0.25) is 0 Å². The van der Waals surface area contributed by atoms with Gasteiger partial charge >= 0.3 is 0 Å². The fourth-order valence-corrected chi connectivity index (χ4v) is 10.1. The molecule has 1 aliphatic heterocycles. The summed E-state index contributed by atoms with van der Waals surface area (Å²) in [7, 11) is 0. The quantitative estimate of drug-likeness (QED) is 0.684. The molecule has 3 aliphatic rings. The van der Waals surface area contributed by atoms with Crippen LogP contribution in [-0.2, 0) is 11.2 Å². The lowest BCUT2D eigenvalue weighted by atomic mass is 9.67. The van der Waals surface area contributed by atoms with Gasteiger partial charge in [-0.3, -0.25) is 4.79 Å². The van der Waals surface area contributed by atoms with Gasteiger partial charge in [-0.15, -0.1) is 23.5 Å². The number of nitrogens with one attached hydrogen (secondary N) is 1. The molecule has 3 fully saturated rings. The van der Waals surface area contributed by atoms with Crippen molar-refractivity contribution in [3.8, 4) is 0 Å². The fraction of sp³-hybridized carbons (Fsp3) is 0.619. The molecule has 2 aliphatic carbocycles. The van der Waals surface area contributed by atoms with Crippen molar-refractivity contribution < 1.29 is 4.79 Å². The number of benzene rings is 1. The molecular weight excluding hydrogens is 392 g/mol. The van der Waals surface area contributed by atoms with Crippen molar-refractivity contribution in [1.82, 2.24) is 4.98 Å². The summed E-state index contributed by atoms with van der Waals surface area (Å²) in [4.78, 5) is 17.7. The Morgan fingerprint density at radius 1 is 1.22 bits per heavy atom. The van der Waals surface area contributed by atoms with Crippen molar-refractivity contribution in [2.75, 3.05) is 16.8 Å². The van der Waals surface area contributed by atoms with E-state index in [1.54, 1.807) is 11.3 Å². The first kappa shape index (κ1) is 18.3. The lowest BCUT2D eigenvalue weighted by molar-refractivity contribution is -0.122. The first-order chi connectivity index (χ1) is 13.2. The second-order valence-electron chi connectivity index (χ2n) is 8.08. The van der Waals surface area contributed by atoms with Crippen LogP contribution < -0.4 is 5.32 Å². The number of thiazole rings is 1. The van der Waals surface area contributed by atoms with Gasteiger partial charge in [-0.25, -0.2) is 4.98 Å². The maximum absolute atomic E-state index is 13.0. The highest BCUT2D eigenvalue weighted by molar-refractivity contribution is 8.21. The largest absolute Gasteiger partial charge is 0.302 e. The molecule has 2 saturated carbocycles. The number of hydrogen-bond acceptors (Lipinski definition) is 5. The zero-order chi connectivity index (χ0) is 18.4. The van der Waals surface area contributed by atoms with Crippen LogP contribution in [0.5, 0.6) is 0 Å². The molecule has 2 aromatic rings. The Balaban J connectivity index is 1.32. The van der Waals surface area contributed by atoms with E-state index in [0.717, 1.165) is 29.9 Å². The van der Waals surface area contributed by atoms with Crippen molar-refractivity contribution in [3.05, 3.63) is 23.8 Å². The standard InChI is InChI=1S/C21H26N2OS3/c1-2-13-6-7-17-18(10-13)27-20(22-17)23-19(24)14-11-15-4-3-5-16(12-14)21(15)25-8-9-26-21/h6-7,10,14-16H,2-5,8-9,11-12H2,1H3,(H,22,23,24). The molecule has 1 spiro atoms. The predicted molar refractivity (Wildman–Crippen MR) is 119 cm³/mol. The van der Waals surface area contributed by atoms with Crippen LogP contribution in [0.4, 0.5) is 5.13 Å². The highest BCUT2D eigenvalue weighted by atomic mass is 32.2. The Morgan fingerprint density at radius 2 is 1.96 bits per heavy atom. The van der Waals surface area contributed by atoms with Gasteiger partial charge in [0.2, 0.25) is 5.91 Å². The first-order valence-electron chi connectivity index (χ1n) is 10.2. The van der Waals surface area contributed by atoms with Crippen LogP contribution in [-0.4, -0.2) is 26.5 Å². The number of carbonyl (C=O) groups excluding carboxylic acids is 1. The predicted octanol–water partition coefficient (Wildman–Crippen LogP) is 5.80. The van der Waals surface area contributed by atoms with Crippen molar-refractivity contribution in [3.63, 3.8) is 0 Å². The number of hydrogen-bond donors (Lipinski definition) is 1. The van der Waals surface area contributed by atoms with Gasteiger partial charge in [-0.1, -0.05) is 30.7 Å². The summed E-state index contributed by atoms with van der Waals surface area (Å²) >= 11 is 6.01. The average Bonchev–Trinajstić information content (AvgIpc) is 3.28. The van der Waals surface area contributed by atoms with Crippen LogP contribution in [0.15, 0.2) is 18.2 Å². The second kappa shape index (κ2) is 7.27. The molecular formula is C21H26N2OS3. The fourth-order valence-electron chi connectivity index (χ4n) is 5.27. The van der Waals surface area contributed by atoms with Crippen molar-refractivity contribution in [2.24, 2.45) is 17.8 Å². The Kier molecular flexibility index (Phi) is 4.93. The summed E-state index contributed by atoms with van der Waals surface area (Å²) < 4.78 is 1.60. The molecule has 144 valence electrons. The molecule has 0 radical (unpaired) electrons. The minimum absolute atomic E-state index is 0.158. The first-order valence-corrected chi connectivity index (χ1v) is 12.9. The topological polar surface area (TPSA) is 42.0 Å². The Bertz CT molecular complexity index is 842. The second-order valence-corrected chi connectivity index (χ2v) is 12.1. The van der Waals surface area contributed by atoms with E-state index in [1.165, 1.54) is 41.0 Å². The van der Waals surface area contributed by atoms with Crippen LogP contribution in [0.3, 0.4) is 0 Å². The number of nitrogens with zero attached hydrogens (tertiary/aromatic N) is 1. The van der Waals surface area contributed by atoms with E-state index in [1.807, 2.05) is 0 Å². The number of amides is 1. The lowest BCUT2D eigenvalue weighted by Crippen LogP contribution is -2.48. The van der Waals surface area contributed by atoms with E-state index in [9.17, 15) is 4.79 Å². The van der Waals surface area contributed by atoms with Crippen molar-refractivity contribution >= 4 is 56.1 Å². The normalized spacial score (nSPS) is 29.3. The van der Waals surface area contributed by atoms with Crippen molar-refractivity contribution in [2.45, 2.75) is 49.5 Å².